The van der Waals surface area contributed by atoms with Gasteiger partial charge in [0.1, 0.15) is 0 Å². The molecule has 0 fully saturated rings. The molecule has 0 unspecified atom stereocenters. The van der Waals surface area contributed by atoms with Gasteiger partial charge in [-0.3, -0.25) is 0 Å². The average molecular weight is 266 g/mol. The van der Waals surface area contributed by atoms with Gasteiger partial charge in [-0.05, 0) is 28.5 Å². The summed E-state index contributed by atoms with van der Waals surface area (Å²) in [6, 6.07) is 8.20. The summed E-state index contributed by atoms with van der Waals surface area (Å²) >= 11 is 18.9. The number of fused-ring (bicyclic) bond motifs is 1. The largest absolute Gasteiger partial charge is 0.194 e. The zero-order valence-electron chi connectivity index (χ0n) is 7.14. The number of benzene rings is 1. The Morgan fingerprint density at radius 3 is 2.64 bits per heavy atom. The van der Waals surface area contributed by atoms with Crippen molar-refractivity contribution in [3.8, 4) is 0 Å². The quantitative estimate of drug-likeness (QED) is 0.649. The van der Waals surface area contributed by atoms with Gasteiger partial charge in [0, 0.05) is 11.1 Å². The van der Waals surface area contributed by atoms with Crippen LogP contribution < -0.4 is 0 Å². The van der Waals surface area contributed by atoms with Crippen LogP contribution in [0.15, 0.2) is 29.6 Å². The molecule has 74 valence electrons. The lowest BCUT2D eigenvalue weighted by Crippen LogP contribution is -2.06. The third-order valence-corrected chi connectivity index (χ3v) is 3.21. The third-order valence-electron chi connectivity index (χ3n) is 1.93. The maximum absolute atomic E-state index is 5.73. The molecular formula is C10H7Cl3S. The fourth-order valence-corrected chi connectivity index (χ4v) is 2.66. The molecular weight excluding hydrogens is 259 g/mol. The van der Waals surface area contributed by atoms with Crippen LogP contribution in [-0.2, 0) is 6.42 Å². The minimum atomic E-state index is -1.20. The number of hydrogen-bond acceptors (Lipinski definition) is 1. The summed E-state index contributed by atoms with van der Waals surface area (Å²) in [6.07, 6.45) is 0.450. The highest BCUT2D eigenvalue weighted by atomic mass is 35.6. The Kier molecular flexibility index (Phi) is 2.94. The molecule has 2 rings (SSSR count). The van der Waals surface area contributed by atoms with Crippen LogP contribution >= 0.6 is 46.1 Å². The molecule has 0 aliphatic heterocycles. The van der Waals surface area contributed by atoms with E-state index in [2.05, 4.69) is 23.6 Å². The summed E-state index contributed by atoms with van der Waals surface area (Å²) in [4.78, 5) is 0. The minimum Gasteiger partial charge on any atom is -0.144 e. The SMILES string of the molecule is ClC(Cl)(Cl)Cc1ccc2ccsc2c1. The van der Waals surface area contributed by atoms with Crippen LogP contribution in [0.1, 0.15) is 5.56 Å². The Balaban J connectivity index is 2.35. The summed E-state index contributed by atoms with van der Waals surface area (Å²) in [7, 11) is 0. The standard InChI is InChI=1S/C10H7Cl3S/c11-10(12,13)6-7-1-2-8-3-4-14-9(8)5-7/h1-5H,6H2. The second kappa shape index (κ2) is 3.90. The number of thiophene rings is 1. The molecule has 0 radical (unpaired) electrons. The van der Waals surface area contributed by atoms with E-state index in [9.17, 15) is 0 Å². The normalized spacial score (nSPS) is 12.2. The molecule has 1 aromatic carbocycles. The summed E-state index contributed by atoms with van der Waals surface area (Å²) in [5.41, 5.74) is 1.06. The van der Waals surface area contributed by atoms with E-state index < -0.39 is 3.79 Å². The van der Waals surface area contributed by atoms with Crippen LogP contribution in [0.2, 0.25) is 0 Å². The van der Waals surface area contributed by atoms with Gasteiger partial charge >= 0.3 is 0 Å². The molecule has 1 aromatic heterocycles. The van der Waals surface area contributed by atoms with Crippen molar-refractivity contribution in [2.45, 2.75) is 10.2 Å². The van der Waals surface area contributed by atoms with E-state index in [1.807, 2.05) is 6.07 Å². The van der Waals surface area contributed by atoms with Gasteiger partial charge in [0.25, 0.3) is 0 Å². The second-order valence-corrected chi connectivity index (χ2v) is 6.55. The van der Waals surface area contributed by atoms with Crippen molar-refractivity contribution in [2.24, 2.45) is 0 Å². The van der Waals surface area contributed by atoms with Crippen molar-refractivity contribution < 1.29 is 0 Å². The zero-order chi connectivity index (χ0) is 10.2. The molecule has 0 spiro atoms. The van der Waals surface area contributed by atoms with Gasteiger partial charge in [0.15, 0.2) is 3.79 Å². The van der Waals surface area contributed by atoms with Crippen LogP contribution in [0.25, 0.3) is 10.1 Å². The highest BCUT2D eigenvalue weighted by Gasteiger charge is 2.20. The lowest BCUT2D eigenvalue weighted by atomic mass is 10.1. The van der Waals surface area contributed by atoms with E-state index in [1.165, 1.54) is 10.1 Å². The third kappa shape index (κ3) is 2.54. The van der Waals surface area contributed by atoms with Crippen LogP contribution in [0.4, 0.5) is 0 Å². The molecule has 0 saturated heterocycles. The second-order valence-electron chi connectivity index (χ2n) is 3.08. The number of rotatable bonds is 1. The van der Waals surface area contributed by atoms with Crippen LogP contribution in [-0.4, -0.2) is 3.79 Å². The predicted molar refractivity (Wildman–Crippen MR) is 65.8 cm³/mol. The molecule has 0 aliphatic carbocycles. The van der Waals surface area contributed by atoms with Gasteiger partial charge in [-0.15, -0.1) is 11.3 Å². The van der Waals surface area contributed by atoms with Gasteiger partial charge in [-0.2, -0.15) is 0 Å². The van der Waals surface area contributed by atoms with Gasteiger partial charge in [-0.1, -0.05) is 46.9 Å². The minimum absolute atomic E-state index is 0.450. The fraction of sp³-hybridized carbons (Fsp3) is 0.200. The molecule has 0 bridgehead atoms. The Bertz CT molecular complexity index is 442. The predicted octanol–water partition coefficient (Wildman–Crippen LogP) is 4.81. The first-order valence-electron chi connectivity index (χ1n) is 4.07. The van der Waals surface area contributed by atoms with E-state index in [0.29, 0.717) is 6.42 Å². The van der Waals surface area contributed by atoms with Crippen molar-refractivity contribution in [1.29, 1.82) is 0 Å². The average Bonchev–Trinajstić information content (AvgIpc) is 2.47. The Hall–Kier alpha value is 0.0500. The molecule has 2 aromatic rings. The molecule has 0 aliphatic rings. The number of alkyl halides is 3. The highest BCUT2D eigenvalue weighted by molar-refractivity contribution is 7.17. The Labute approximate surface area is 101 Å². The lowest BCUT2D eigenvalue weighted by molar-refractivity contribution is 1.02. The summed E-state index contributed by atoms with van der Waals surface area (Å²) < 4.78 is 0.0297. The maximum atomic E-state index is 5.73. The molecule has 0 amide bonds. The van der Waals surface area contributed by atoms with Gasteiger partial charge < -0.3 is 0 Å². The number of halogens is 3. The van der Waals surface area contributed by atoms with Crippen LogP contribution in [0.3, 0.4) is 0 Å². The van der Waals surface area contributed by atoms with Gasteiger partial charge in [0.2, 0.25) is 0 Å². The zero-order valence-corrected chi connectivity index (χ0v) is 10.2. The topological polar surface area (TPSA) is 0 Å². The van der Waals surface area contributed by atoms with Crippen molar-refractivity contribution in [2.75, 3.05) is 0 Å². The molecule has 0 nitrogen and oxygen atoms in total. The highest BCUT2D eigenvalue weighted by Crippen LogP contribution is 2.32. The Morgan fingerprint density at radius 2 is 1.93 bits per heavy atom. The van der Waals surface area contributed by atoms with Crippen molar-refractivity contribution >= 4 is 56.2 Å². The van der Waals surface area contributed by atoms with E-state index in [4.69, 9.17) is 34.8 Å². The Morgan fingerprint density at radius 1 is 1.14 bits per heavy atom. The molecule has 0 saturated carbocycles. The van der Waals surface area contributed by atoms with Gasteiger partial charge in [-0.25, -0.2) is 0 Å². The van der Waals surface area contributed by atoms with E-state index in [0.717, 1.165) is 5.56 Å². The fourth-order valence-electron chi connectivity index (χ4n) is 1.34. The smallest absolute Gasteiger partial charge is 0.144 e. The summed E-state index contributed by atoms with van der Waals surface area (Å²) in [5.74, 6) is 0. The van der Waals surface area contributed by atoms with Crippen molar-refractivity contribution in [1.82, 2.24) is 0 Å². The first-order valence-corrected chi connectivity index (χ1v) is 6.09. The van der Waals surface area contributed by atoms with E-state index in [1.54, 1.807) is 11.3 Å². The van der Waals surface area contributed by atoms with Gasteiger partial charge in [0.05, 0.1) is 0 Å². The molecule has 14 heavy (non-hydrogen) atoms. The lowest BCUT2D eigenvalue weighted by Gasteiger charge is -2.10. The molecule has 0 N–H and O–H groups in total. The monoisotopic (exact) mass is 264 g/mol. The van der Waals surface area contributed by atoms with Crippen molar-refractivity contribution in [3.63, 3.8) is 0 Å². The first-order chi connectivity index (χ1) is 6.54. The maximum Gasteiger partial charge on any atom is 0.194 e. The van der Waals surface area contributed by atoms with Crippen molar-refractivity contribution in [3.05, 3.63) is 35.2 Å². The summed E-state index contributed by atoms with van der Waals surface area (Å²) in [6.45, 7) is 0. The van der Waals surface area contributed by atoms with E-state index >= 15 is 0 Å². The first kappa shape index (κ1) is 10.6. The van der Waals surface area contributed by atoms with Crippen LogP contribution in [0, 0.1) is 0 Å². The number of hydrogen-bond donors (Lipinski definition) is 0. The molecule has 0 atom stereocenters. The molecule has 4 heteroatoms. The van der Waals surface area contributed by atoms with Crippen LogP contribution in [0.5, 0.6) is 0 Å². The van der Waals surface area contributed by atoms with E-state index in [-0.39, 0.29) is 0 Å². The summed E-state index contributed by atoms with van der Waals surface area (Å²) in [5, 5.41) is 3.30. The molecule has 1 heterocycles.